The van der Waals surface area contributed by atoms with E-state index in [0.29, 0.717) is 0 Å². The smallest absolute Gasteiger partial charge is 0.324 e. The van der Waals surface area contributed by atoms with Crippen molar-refractivity contribution in [3.05, 3.63) is 63.2 Å². The number of esters is 1. The van der Waals surface area contributed by atoms with Crippen molar-refractivity contribution in [1.29, 1.82) is 0 Å². The van der Waals surface area contributed by atoms with E-state index in [1.165, 1.54) is 31.2 Å². The number of anilines is 1. The van der Waals surface area contributed by atoms with Crippen LogP contribution in [-0.4, -0.2) is 37.9 Å². The lowest BCUT2D eigenvalue weighted by atomic mass is 10.2. The van der Waals surface area contributed by atoms with Crippen LogP contribution in [0.3, 0.4) is 0 Å². The number of carbonyl (C=O) groups is 2. The van der Waals surface area contributed by atoms with Crippen molar-refractivity contribution >= 4 is 44.9 Å². The normalized spacial score (nSPS) is 12.1. The third kappa shape index (κ3) is 6.24. The summed E-state index contributed by atoms with van der Waals surface area (Å²) in [5, 5.41) is 13.1. The quantitative estimate of drug-likeness (QED) is 0.353. The first kappa shape index (κ1) is 23.3. The summed E-state index contributed by atoms with van der Waals surface area (Å²) in [6, 6.07) is 8.41. The molecular weight excluding hydrogens is 438 g/mol. The summed E-state index contributed by atoms with van der Waals surface area (Å²) in [6.07, 6.45) is 0. The van der Waals surface area contributed by atoms with E-state index in [2.05, 4.69) is 10.0 Å². The molecule has 30 heavy (non-hydrogen) atoms. The van der Waals surface area contributed by atoms with E-state index in [9.17, 15) is 28.1 Å². The molecular formula is C18H18ClN3O7S. The Balaban J connectivity index is 1.91. The van der Waals surface area contributed by atoms with Crippen LogP contribution in [0.15, 0.2) is 47.4 Å². The number of nitro benzene ring substituents is 1. The van der Waals surface area contributed by atoms with Crippen molar-refractivity contribution in [2.75, 3.05) is 11.9 Å². The molecule has 10 nitrogen and oxygen atoms in total. The molecule has 0 aliphatic rings. The summed E-state index contributed by atoms with van der Waals surface area (Å²) in [7, 11) is -3.95. The van der Waals surface area contributed by atoms with Crippen molar-refractivity contribution in [3.63, 3.8) is 0 Å². The van der Waals surface area contributed by atoms with Crippen LogP contribution in [0.25, 0.3) is 0 Å². The number of hydrogen-bond donors (Lipinski definition) is 2. The van der Waals surface area contributed by atoms with Gasteiger partial charge in [0.15, 0.2) is 6.61 Å². The number of halogens is 1. The highest BCUT2D eigenvalue weighted by Gasteiger charge is 2.24. The van der Waals surface area contributed by atoms with Crippen LogP contribution in [0.5, 0.6) is 0 Å². The number of carbonyl (C=O) groups excluding carboxylic acids is 2. The van der Waals surface area contributed by atoms with Crippen molar-refractivity contribution in [3.8, 4) is 0 Å². The molecule has 0 aliphatic carbocycles. The molecule has 0 aliphatic heterocycles. The fraction of sp³-hybridized carbons (Fsp3) is 0.222. The fourth-order valence-electron chi connectivity index (χ4n) is 2.26. The number of nitrogens with one attached hydrogen (secondary N) is 2. The molecule has 0 saturated heterocycles. The Morgan fingerprint density at radius 2 is 1.83 bits per heavy atom. The van der Waals surface area contributed by atoms with Crippen molar-refractivity contribution < 1.29 is 27.7 Å². The Morgan fingerprint density at radius 1 is 1.20 bits per heavy atom. The molecule has 2 aromatic rings. The number of benzene rings is 2. The number of sulfonamides is 1. The lowest BCUT2D eigenvalue weighted by molar-refractivity contribution is -0.384. The first-order chi connectivity index (χ1) is 14.0. The van der Waals surface area contributed by atoms with Gasteiger partial charge < -0.3 is 10.1 Å². The number of hydrogen-bond acceptors (Lipinski definition) is 7. The maximum absolute atomic E-state index is 12.3. The number of nitro groups is 1. The van der Waals surface area contributed by atoms with Gasteiger partial charge in [0.2, 0.25) is 10.0 Å². The predicted molar refractivity (Wildman–Crippen MR) is 109 cm³/mol. The van der Waals surface area contributed by atoms with Crippen LogP contribution in [0.2, 0.25) is 5.02 Å². The zero-order chi connectivity index (χ0) is 22.5. The average molecular weight is 456 g/mol. The summed E-state index contributed by atoms with van der Waals surface area (Å²) in [5.74, 6) is -1.74. The van der Waals surface area contributed by atoms with Gasteiger partial charge in [0.1, 0.15) is 11.1 Å². The lowest BCUT2D eigenvalue weighted by Gasteiger charge is -2.14. The van der Waals surface area contributed by atoms with Gasteiger partial charge in [-0.3, -0.25) is 19.7 Å². The van der Waals surface area contributed by atoms with Gasteiger partial charge in [0, 0.05) is 11.8 Å². The SMILES string of the molecule is Cc1ccc(S(=O)(=O)N[C@H](C)C(=O)OCC(=O)Nc2ccc(Cl)c([N+](=O)[O-])c2)cc1. The van der Waals surface area contributed by atoms with Gasteiger partial charge in [-0.15, -0.1) is 0 Å². The highest BCUT2D eigenvalue weighted by atomic mass is 35.5. The third-order valence-electron chi connectivity index (χ3n) is 3.79. The Kier molecular flexibility index (Phi) is 7.48. The Hall–Kier alpha value is -3.02. The van der Waals surface area contributed by atoms with Crippen LogP contribution in [0.1, 0.15) is 12.5 Å². The van der Waals surface area contributed by atoms with Gasteiger partial charge in [-0.05, 0) is 38.1 Å². The molecule has 0 heterocycles. The second-order valence-electron chi connectivity index (χ2n) is 6.24. The van der Waals surface area contributed by atoms with Crippen LogP contribution in [-0.2, 0) is 24.3 Å². The van der Waals surface area contributed by atoms with Crippen LogP contribution >= 0.6 is 11.6 Å². The summed E-state index contributed by atoms with van der Waals surface area (Å²) in [6.45, 7) is 2.36. The predicted octanol–water partition coefficient (Wildman–Crippen LogP) is 2.41. The summed E-state index contributed by atoms with van der Waals surface area (Å²) >= 11 is 5.69. The van der Waals surface area contributed by atoms with Crippen LogP contribution in [0.4, 0.5) is 11.4 Å². The zero-order valence-corrected chi connectivity index (χ0v) is 17.5. The number of nitrogens with zero attached hydrogens (tertiary/aromatic N) is 1. The summed E-state index contributed by atoms with van der Waals surface area (Å²) in [4.78, 5) is 34.1. The van der Waals surface area contributed by atoms with Gasteiger partial charge in [0.05, 0.1) is 9.82 Å². The maximum atomic E-state index is 12.3. The number of amides is 1. The van der Waals surface area contributed by atoms with Crippen molar-refractivity contribution in [1.82, 2.24) is 4.72 Å². The lowest BCUT2D eigenvalue weighted by Crippen LogP contribution is -2.40. The van der Waals surface area contributed by atoms with Gasteiger partial charge in [-0.2, -0.15) is 4.72 Å². The number of aryl methyl sites for hydroxylation is 1. The minimum absolute atomic E-state index is 0.0187. The Labute approximate surface area is 177 Å². The van der Waals surface area contributed by atoms with Crippen LogP contribution in [0, 0.1) is 17.0 Å². The van der Waals surface area contributed by atoms with E-state index < -0.39 is 45.2 Å². The second kappa shape index (κ2) is 9.65. The molecule has 0 aromatic heterocycles. The Morgan fingerprint density at radius 3 is 2.43 bits per heavy atom. The van der Waals surface area contributed by atoms with Gasteiger partial charge in [-0.1, -0.05) is 29.3 Å². The largest absolute Gasteiger partial charge is 0.454 e. The standard InChI is InChI=1S/C18H18ClN3O7S/c1-11-3-6-14(7-4-11)30(27,28)21-12(2)18(24)29-10-17(23)20-13-5-8-15(19)16(9-13)22(25)26/h3-9,12,21H,10H2,1-2H3,(H,20,23)/t12-/m1/s1. The highest BCUT2D eigenvalue weighted by molar-refractivity contribution is 7.89. The second-order valence-corrected chi connectivity index (χ2v) is 8.36. The molecule has 0 fully saturated rings. The third-order valence-corrected chi connectivity index (χ3v) is 5.67. The molecule has 0 saturated carbocycles. The molecule has 0 bridgehead atoms. The van der Waals surface area contributed by atoms with E-state index in [-0.39, 0.29) is 15.6 Å². The minimum atomic E-state index is -3.95. The minimum Gasteiger partial charge on any atom is -0.454 e. The first-order valence-electron chi connectivity index (χ1n) is 8.49. The first-order valence-corrected chi connectivity index (χ1v) is 10.3. The molecule has 12 heteroatoms. The van der Waals surface area contributed by atoms with Crippen molar-refractivity contribution in [2.45, 2.75) is 24.8 Å². The number of ether oxygens (including phenoxy) is 1. The van der Waals surface area contributed by atoms with Gasteiger partial charge in [-0.25, -0.2) is 8.42 Å². The monoisotopic (exact) mass is 455 g/mol. The van der Waals surface area contributed by atoms with E-state index >= 15 is 0 Å². The van der Waals surface area contributed by atoms with Gasteiger partial charge >= 0.3 is 5.97 Å². The topological polar surface area (TPSA) is 145 Å². The molecule has 1 atom stereocenters. The molecule has 160 valence electrons. The molecule has 0 spiro atoms. The molecule has 2 N–H and O–H groups in total. The zero-order valence-electron chi connectivity index (χ0n) is 15.9. The highest BCUT2D eigenvalue weighted by Crippen LogP contribution is 2.27. The van der Waals surface area contributed by atoms with E-state index in [1.807, 2.05) is 0 Å². The van der Waals surface area contributed by atoms with E-state index in [4.69, 9.17) is 16.3 Å². The maximum Gasteiger partial charge on any atom is 0.324 e. The van der Waals surface area contributed by atoms with Gasteiger partial charge in [0.25, 0.3) is 11.6 Å². The number of rotatable bonds is 8. The molecule has 0 radical (unpaired) electrons. The fourth-order valence-corrected chi connectivity index (χ4v) is 3.63. The van der Waals surface area contributed by atoms with E-state index in [1.54, 1.807) is 19.1 Å². The molecule has 1 amide bonds. The molecule has 2 rings (SSSR count). The molecule has 2 aromatic carbocycles. The Bertz CT molecular complexity index is 1070. The summed E-state index contributed by atoms with van der Waals surface area (Å²) < 4.78 is 31.5. The van der Waals surface area contributed by atoms with E-state index in [0.717, 1.165) is 11.6 Å². The van der Waals surface area contributed by atoms with Crippen molar-refractivity contribution in [2.24, 2.45) is 0 Å². The molecule has 0 unspecified atom stereocenters. The summed E-state index contributed by atoms with van der Waals surface area (Å²) in [5.41, 5.74) is 0.560. The average Bonchev–Trinajstić information content (AvgIpc) is 2.67. The van der Waals surface area contributed by atoms with Crippen LogP contribution < -0.4 is 10.0 Å².